The molecular weight excluding hydrogens is 532 g/mol. The number of esters is 1. The van der Waals surface area contributed by atoms with Gasteiger partial charge in [-0.15, -0.1) is 0 Å². The quantitative estimate of drug-likeness (QED) is 0.265. The Labute approximate surface area is 234 Å². The minimum atomic E-state index is -2.92. The van der Waals surface area contributed by atoms with Gasteiger partial charge in [-0.05, 0) is 77.8 Å². The number of aromatic nitrogens is 3. The summed E-state index contributed by atoms with van der Waals surface area (Å²) in [5.74, 6) is -0.0472. The number of nitrogens with zero attached hydrogens (tertiary/aromatic N) is 3. The molecule has 1 aliphatic rings. The van der Waals surface area contributed by atoms with Gasteiger partial charge in [0, 0.05) is 41.7 Å². The number of H-pyrrole nitrogens is 1. The molecule has 1 fully saturated rings. The van der Waals surface area contributed by atoms with E-state index < -0.39 is 32.9 Å². The van der Waals surface area contributed by atoms with Crippen LogP contribution in [0.15, 0.2) is 51.2 Å². The zero-order chi connectivity index (χ0) is 29.3. The maximum absolute atomic E-state index is 13.0. The van der Waals surface area contributed by atoms with Gasteiger partial charge >= 0.3 is 5.97 Å². The van der Waals surface area contributed by atoms with Crippen molar-refractivity contribution in [2.45, 2.75) is 81.3 Å². The number of rotatable bonds is 8. The highest BCUT2D eigenvalue weighted by molar-refractivity contribution is 7.93. The molecule has 216 valence electrons. The van der Waals surface area contributed by atoms with Gasteiger partial charge in [0.05, 0.1) is 27.4 Å². The van der Waals surface area contributed by atoms with Crippen LogP contribution in [0.2, 0.25) is 0 Å². The molecule has 1 unspecified atom stereocenters. The first-order valence-corrected chi connectivity index (χ1v) is 14.9. The van der Waals surface area contributed by atoms with E-state index >= 15 is 0 Å². The van der Waals surface area contributed by atoms with E-state index in [-0.39, 0.29) is 17.4 Å². The van der Waals surface area contributed by atoms with Crippen LogP contribution in [-0.2, 0) is 29.5 Å². The van der Waals surface area contributed by atoms with Crippen LogP contribution >= 0.6 is 0 Å². The predicted molar refractivity (Wildman–Crippen MR) is 156 cm³/mol. The third-order valence-corrected chi connectivity index (χ3v) is 9.23. The monoisotopic (exact) mass is 570 g/mol. The van der Waals surface area contributed by atoms with Crippen LogP contribution in [0.5, 0.6) is 0 Å². The number of carbonyl (C=O) groups is 1. The average Bonchev–Trinajstić information content (AvgIpc) is 3.27. The van der Waals surface area contributed by atoms with E-state index in [4.69, 9.17) is 19.4 Å². The van der Waals surface area contributed by atoms with E-state index in [0.717, 1.165) is 0 Å². The number of aromatic amines is 1. The Morgan fingerprint density at radius 3 is 2.62 bits per heavy atom. The molecular formula is C28H38N6O5S. The summed E-state index contributed by atoms with van der Waals surface area (Å²) in [6.07, 6.45) is 4.13. The van der Waals surface area contributed by atoms with Gasteiger partial charge in [-0.3, -0.25) is 9.48 Å². The molecule has 0 bridgehead atoms. The fraction of sp³-hybridized carbons (Fsp3) is 0.500. The number of nitrogens with one attached hydrogen (secondary N) is 3. The van der Waals surface area contributed by atoms with Crippen LogP contribution in [0.4, 0.5) is 11.5 Å². The van der Waals surface area contributed by atoms with E-state index in [1.165, 1.54) is 0 Å². The molecule has 3 N–H and O–H groups in total. The van der Waals surface area contributed by atoms with Crippen LogP contribution in [0.3, 0.4) is 0 Å². The first kappa shape index (κ1) is 29.5. The van der Waals surface area contributed by atoms with E-state index in [9.17, 15) is 13.8 Å². The van der Waals surface area contributed by atoms with E-state index in [1.54, 1.807) is 68.3 Å². The molecule has 3 heterocycles. The molecule has 3 atom stereocenters. The van der Waals surface area contributed by atoms with Crippen LogP contribution in [0, 0.1) is 4.78 Å². The molecule has 1 saturated heterocycles. The van der Waals surface area contributed by atoms with Gasteiger partial charge in [-0.1, -0.05) is 0 Å². The topological polar surface area (TPSA) is 152 Å². The largest absolute Gasteiger partial charge is 0.458 e. The Hall–Kier alpha value is -3.51. The fourth-order valence-corrected chi connectivity index (χ4v) is 5.80. The number of pyridine rings is 1. The standard InChI is InChI=1S/C28H38N6O5S/c1-18(2)40(29,37)20-9-7-19(8-10-20)32-24-23-21(12-15-31-25(23)35)34(33-24)28(14-16-30-6)13-11-22(38-17-28)26(36)39-27(3,4)5/h7-10,12,15-16,18,22,29H,11,13-14,17H2,1-6H3,(H,31,35)(H,32,33)/b30-16-/t22-,28-,40?/m0/s1. The highest BCUT2D eigenvalue weighted by atomic mass is 32.2. The predicted octanol–water partition coefficient (Wildman–Crippen LogP) is 4.59. The Morgan fingerprint density at radius 2 is 2.05 bits per heavy atom. The third kappa shape index (κ3) is 5.97. The van der Waals surface area contributed by atoms with Crippen molar-refractivity contribution in [3.63, 3.8) is 0 Å². The number of benzene rings is 1. The van der Waals surface area contributed by atoms with Gasteiger partial charge in [0.15, 0.2) is 11.9 Å². The second-order valence-electron chi connectivity index (χ2n) is 11.4. The minimum Gasteiger partial charge on any atom is -0.458 e. The van der Waals surface area contributed by atoms with Gasteiger partial charge in [-0.2, -0.15) is 5.10 Å². The van der Waals surface area contributed by atoms with Gasteiger partial charge < -0.3 is 24.8 Å². The summed E-state index contributed by atoms with van der Waals surface area (Å²) < 4.78 is 34.4. The lowest BCUT2D eigenvalue weighted by Crippen LogP contribution is -2.48. The smallest absolute Gasteiger partial charge is 0.335 e. The summed E-state index contributed by atoms with van der Waals surface area (Å²) in [4.78, 5) is 33.0. The van der Waals surface area contributed by atoms with Crippen LogP contribution in [0.1, 0.15) is 53.9 Å². The zero-order valence-electron chi connectivity index (χ0n) is 23.8. The second-order valence-corrected chi connectivity index (χ2v) is 14.0. The highest BCUT2D eigenvalue weighted by Gasteiger charge is 2.42. The molecule has 1 aliphatic heterocycles. The van der Waals surface area contributed by atoms with Gasteiger partial charge in [0.2, 0.25) is 0 Å². The second kappa shape index (κ2) is 11.2. The van der Waals surface area contributed by atoms with E-state index in [1.807, 2.05) is 20.8 Å². The SMILES string of the molecule is C/N=C\C[C@@]1(n2nc(Nc3ccc(S(=N)(=O)C(C)C)cc3)c3c(=O)[nH]ccc32)CC[C@@H](C(=O)OC(C)(C)C)OC1. The fourth-order valence-electron chi connectivity index (χ4n) is 4.72. The molecule has 4 rings (SSSR count). The van der Waals surface area contributed by atoms with Crippen molar-refractivity contribution < 1.29 is 18.5 Å². The maximum Gasteiger partial charge on any atom is 0.335 e. The molecule has 0 amide bonds. The number of fused-ring (bicyclic) bond motifs is 1. The van der Waals surface area contributed by atoms with Crippen molar-refractivity contribution in [2.75, 3.05) is 19.0 Å². The summed E-state index contributed by atoms with van der Waals surface area (Å²) >= 11 is 0. The van der Waals surface area contributed by atoms with Gasteiger partial charge in [0.1, 0.15) is 11.0 Å². The number of anilines is 2. The summed E-state index contributed by atoms with van der Waals surface area (Å²) in [6.45, 7) is 9.16. The number of hydrogen-bond acceptors (Lipinski definition) is 9. The van der Waals surface area contributed by atoms with Crippen molar-refractivity contribution in [3.05, 3.63) is 46.9 Å². The normalized spacial score (nSPS) is 21.5. The van der Waals surface area contributed by atoms with Crippen molar-refractivity contribution in [1.29, 1.82) is 4.78 Å². The van der Waals surface area contributed by atoms with Crippen LogP contribution in [0.25, 0.3) is 10.9 Å². The van der Waals surface area contributed by atoms with Crippen LogP contribution in [-0.4, -0.2) is 61.8 Å². The summed E-state index contributed by atoms with van der Waals surface area (Å²) in [5, 5.41) is 8.14. The molecule has 0 aliphatic carbocycles. The molecule has 0 radical (unpaired) electrons. The van der Waals surface area contributed by atoms with Gasteiger partial charge in [0.25, 0.3) is 5.56 Å². The van der Waals surface area contributed by atoms with Crippen molar-refractivity contribution in [1.82, 2.24) is 14.8 Å². The number of aliphatic imine (C=N–C) groups is 1. The average molecular weight is 571 g/mol. The number of carbonyl (C=O) groups excluding carboxylic acids is 1. The zero-order valence-corrected chi connectivity index (χ0v) is 24.6. The molecule has 40 heavy (non-hydrogen) atoms. The van der Waals surface area contributed by atoms with Crippen molar-refractivity contribution in [3.8, 4) is 0 Å². The first-order valence-electron chi connectivity index (χ1n) is 13.3. The molecule has 12 heteroatoms. The highest BCUT2D eigenvalue weighted by Crippen LogP contribution is 2.37. The molecule has 2 aromatic heterocycles. The third-order valence-electron chi connectivity index (χ3n) is 6.93. The lowest BCUT2D eigenvalue weighted by atomic mass is 9.87. The van der Waals surface area contributed by atoms with Gasteiger partial charge in [-0.25, -0.2) is 13.8 Å². The first-order chi connectivity index (χ1) is 18.8. The minimum absolute atomic E-state index is 0.174. The van der Waals surface area contributed by atoms with Crippen molar-refractivity contribution >= 4 is 44.3 Å². The Morgan fingerprint density at radius 1 is 1.35 bits per heavy atom. The van der Waals surface area contributed by atoms with E-state index in [0.29, 0.717) is 46.6 Å². The molecule has 11 nitrogen and oxygen atoms in total. The number of hydrogen-bond donors (Lipinski definition) is 3. The lowest BCUT2D eigenvalue weighted by Gasteiger charge is -2.39. The molecule has 0 saturated carbocycles. The van der Waals surface area contributed by atoms with Crippen LogP contribution < -0.4 is 10.9 Å². The summed E-state index contributed by atoms with van der Waals surface area (Å²) in [7, 11) is -1.23. The maximum atomic E-state index is 13.0. The summed E-state index contributed by atoms with van der Waals surface area (Å²) in [6, 6.07) is 8.56. The Balaban J connectivity index is 1.70. The summed E-state index contributed by atoms with van der Waals surface area (Å²) in [5.41, 5.74) is -0.373. The lowest BCUT2D eigenvalue weighted by molar-refractivity contribution is -0.176. The Bertz CT molecular complexity index is 1560. The molecule has 1 aromatic carbocycles. The van der Waals surface area contributed by atoms with E-state index in [2.05, 4.69) is 15.3 Å². The molecule has 0 spiro atoms. The molecule has 3 aromatic rings. The van der Waals surface area contributed by atoms with Crippen molar-refractivity contribution in [2.24, 2.45) is 4.99 Å². The number of ether oxygens (including phenoxy) is 2. The Kier molecular flexibility index (Phi) is 8.23.